The first-order valence-corrected chi connectivity index (χ1v) is 11.5. The first-order valence-electron chi connectivity index (χ1n) is 11.5. The number of anilines is 2. The van der Waals surface area contributed by atoms with Gasteiger partial charge in [0.15, 0.2) is 17.6 Å². The molecule has 2 aliphatic rings. The number of imide groups is 1. The van der Waals surface area contributed by atoms with Crippen molar-refractivity contribution in [3.05, 3.63) is 78.4 Å². The monoisotopic (exact) mass is 474 g/mol. The molecule has 3 aromatic carbocycles. The topological polar surface area (TPSA) is 88.5 Å². The van der Waals surface area contributed by atoms with Crippen LogP contribution in [0.5, 0.6) is 17.2 Å². The van der Waals surface area contributed by atoms with Crippen molar-refractivity contribution in [2.45, 2.75) is 25.5 Å². The van der Waals surface area contributed by atoms with Gasteiger partial charge in [-0.2, -0.15) is 0 Å². The Morgan fingerprint density at radius 2 is 1.69 bits per heavy atom. The van der Waals surface area contributed by atoms with Gasteiger partial charge in [0.05, 0.1) is 31.1 Å². The number of phenolic OH excluding ortho intramolecular Hbond substituents is 1. The first-order chi connectivity index (χ1) is 17.0. The number of rotatable bonds is 7. The first kappa shape index (κ1) is 22.7. The molecule has 8 heteroatoms. The Hall–Kier alpha value is -4.04. The van der Waals surface area contributed by atoms with Crippen LogP contribution < -0.4 is 19.4 Å². The van der Waals surface area contributed by atoms with E-state index >= 15 is 0 Å². The summed E-state index contributed by atoms with van der Waals surface area (Å²) in [7, 11) is 1.46. The number of benzene rings is 3. The van der Waals surface area contributed by atoms with E-state index in [1.807, 2.05) is 37.3 Å². The van der Waals surface area contributed by atoms with Crippen molar-refractivity contribution in [1.82, 2.24) is 0 Å². The number of carbonyl (C=O) groups is 2. The van der Waals surface area contributed by atoms with E-state index in [1.54, 1.807) is 41.5 Å². The number of methoxy groups -OCH3 is 1. The van der Waals surface area contributed by atoms with E-state index in [9.17, 15) is 14.7 Å². The molecule has 1 N–H and O–H groups in total. The lowest BCUT2D eigenvalue weighted by molar-refractivity contribution is -0.126. The van der Waals surface area contributed by atoms with Crippen LogP contribution in [-0.4, -0.2) is 36.7 Å². The van der Waals surface area contributed by atoms with Gasteiger partial charge in [-0.25, -0.2) is 9.96 Å². The fraction of sp³-hybridized carbons (Fsp3) is 0.259. The Labute approximate surface area is 203 Å². The molecule has 0 aliphatic carbocycles. The molecule has 0 bridgehead atoms. The van der Waals surface area contributed by atoms with Crippen LogP contribution in [0.4, 0.5) is 11.4 Å². The standard InChI is InChI=1S/C27H26N2O6/c1-3-15-34-20-12-10-18(11-13-20)28-26(31)23-24(17-9-14-21(30)22(16-17)33-2)29(35-25(23)27(28)32)19-7-5-4-6-8-19/h4-14,16,23-25,30H,3,15H2,1-2H3/t23-,24+,25-/m1/s1. The number of amides is 2. The number of hydroxylamine groups is 1. The minimum atomic E-state index is -0.983. The van der Waals surface area contributed by atoms with E-state index in [4.69, 9.17) is 14.3 Å². The van der Waals surface area contributed by atoms with Crippen molar-refractivity contribution in [2.75, 3.05) is 23.7 Å². The Balaban J connectivity index is 1.52. The number of hydrogen-bond acceptors (Lipinski definition) is 7. The summed E-state index contributed by atoms with van der Waals surface area (Å²) < 4.78 is 10.9. The number of nitrogens with zero attached hydrogens (tertiary/aromatic N) is 2. The molecule has 3 aromatic rings. The van der Waals surface area contributed by atoms with Crippen LogP contribution in [0, 0.1) is 5.92 Å². The fourth-order valence-corrected chi connectivity index (χ4v) is 4.60. The Morgan fingerprint density at radius 1 is 0.943 bits per heavy atom. The molecule has 3 atom stereocenters. The van der Waals surface area contributed by atoms with Crippen LogP contribution in [0.25, 0.3) is 0 Å². The van der Waals surface area contributed by atoms with E-state index in [-0.39, 0.29) is 17.4 Å². The second-order valence-electron chi connectivity index (χ2n) is 8.44. The molecule has 5 rings (SSSR count). The van der Waals surface area contributed by atoms with Crippen LogP contribution in [0.3, 0.4) is 0 Å². The Morgan fingerprint density at radius 3 is 2.37 bits per heavy atom. The Bertz CT molecular complexity index is 1230. The van der Waals surface area contributed by atoms with Crippen LogP contribution in [0.1, 0.15) is 24.9 Å². The highest BCUT2D eigenvalue weighted by atomic mass is 16.7. The van der Waals surface area contributed by atoms with Gasteiger partial charge in [0.2, 0.25) is 5.91 Å². The summed E-state index contributed by atoms with van der Waals surface area (Å²) in [4.78, 5) is 34.5. The van der Waals surface area contributed by atoms with Crippen molar-refractivity contribution < 1.29 is 29.0 Å². The molecule has 2 amide bonds. The van der Waals surface area contributed by atoms with Crippen molar-refractivity contribution in [3.8, 4) is 17.2 Å². The molecule has 2 aliphatic heterocycles. The van der Waals surface area contributed by atoms with Gasteiger partial charge in [-0.05, 0) is 60.5 Å². The van der Waals surface area contributed by atoms with Crippen LogP contribution in [0.2, 0.25) is 0 Å². The number of hydrogen-bond donors (Lipinski definition) is 1. The number of aromatic hydroxyl groups is 1. The summed E-state index contributed by atoms with van der Waals surface area (Å²) in [6, 6.07) is 20.5. The smallest absolute Gasteiger partial charge is 0.266 e. The third-order valence-electron chi connectivity index (χ3n) is 6.24. The van der Waals surface area contributed by atoms with Crippen molar-refractivity contribution in [3.63, 3.8) is 0 Å². The molecule has 0 aromatic heterocycles. The normalized spacial score (nSPS) is 21.4. The molecule has 0 radical (unpaired) electrons. The quantitative estimate of drug-likeness (QED) is 0.513. The minimum absolute atomic E-state index is 0.0150. The number of para-hydroxylation sites is 1. The summed E-state index contributed by atoms with van der Waals surface area (Å²) in [6.45, 7) is 2.61. The van der Waals surface area contributed by atoms with Crippen LogP contribution in [-0.2, 0) is 14.4 Å². The summed E-state index contributed by atoms with van der Waals surface area (Å²) in [5.74, 6) is -0.619. The van der Waals surface area contributed by atoms with Gasteiger partial charge in [0, 0.05) is 0 Å². The van der Waals surface area contributed by atoms with Crippen molar-refractivity contribution in [1.29, 1.82) is 0 Å². The van der Waals surface area contributed by atoms with E-state index < -0.39 is 24.0 Å². The third-order valence-corrected chi connectivity index (χ3v) is 6.24. The number of fused-ring (bicyclic) bond motifs is 1. The van der Waals surface area contributed by atoms with Gasteiger partial charge < -0.3 is 14.6 Å². The zero-order chi connectivity index (χ0) is 24.5. The maximum absolute atomic E-state index is 13.7. The van der Waals surface area contributed by atoms with Gasteiger partial charge in [-0.15, -0.1) is 0 Å². The second-order valence-corrected chi connectivity index (χ2v) is 8.44. The van der Waals surface area contributed by atoms with E-state index in [0.29, 0.717) is 29.3 Å². The number of phenols is 1. The van der Waals surface area contributed by atoms with Gasteiger partial charge in [0.1, 0.15) is 11.7 Å². The predicted octanol–water partition coefficient (Wildman–Crippen LogP) is 4.24. The highest BCUT2D eigenvalue weighted by Crippen LogP contribution is 2.48. The molecule has 0 saturated carbocycles. The van der Waals surface area contributed by atoms with Gasteiger partial charge in [0.25, 0.3) is 5.91 Å². The molecule has 35 heavy (non-hydrogen) atoms. The molecule has 2 fully saturated rings. The van der Waals surface area contributed by atoms with E-state index in [2.05, 4.69) is 0 Å². The van der Waals surface area contributed by atoms with E-state index in [1.165, 1.54) is 18.1 Å². The third kappa shape index (κ3) is 3.95. The lowest BCUT2D eigenvalue weighted by Gasteiger charge is -2.29. The zero-order valence-electron chi connectivity index (χ0n) is 19.5. The number of carbonyl (C=O) groups excluding carboxylic acids is 2. The van der Waals surface area contributed by atoms with E-state index in [0.717, 1.165) is 6.42 Å². The van der Waals surface area contributed by atoms with Crippen molar-refractivity contribution >= 4 is 23.2 Å². The Kier molecular flexibility index (Phi) is 6.05. The highest BCUT2D eigenvalue weighted by molar-refractivity contribution is 6.23. The van der Waals surface area contributed by atoms with Crippen molar-refractivity contribution in [2.24, 2.45) is 5.92 Å². The predicted molar refractivity (Wildman–Crippen MR) is 129 cm³/mol. The van der Waals surface area contributed by atoms with Gasteiger partial charge in [-0.1, -0.05) is 31.2 Å². The number of ether oxygens (including phenoxy) is 2. The molecule has 2 saturated heterocycles. The molecular formula is C27H26N2O6. The summed E-state index contributed by atoms with van der Waals surface area (Å²) in [5, 5.41) is 11.7. The lowest BCUT2D eigenvalue weighted by atomic mass is 9.90. The maximum Gasteiger partial charge on any atom is 0.266 e. The zero-order valence-corrected chi connectivity index (χ0v) is 19.5. The molecule has 180 valence electrons. The SMILES string of the molecule is CCCOc1ccc(N2C(=O)[C@H]3[C@@H](ON(c4ccccc4)[C@H]3c3ccc(O)c(OC)c3)C2=O)cc1. The largest absolute Gasteiger partial charge is 0.504 e. The fourth-order valence-electron chi connectivity index (χ4n) is 4.60. The van der Waals surface area contributed by atoms with Gasteiger partial charge in [-0.3, -0.25) is 14.4 Å². The maximum atomic E-state index is 13.7. The summed E-state index contributed by atoms with van der Waals surface area (Å²) >= 11 is 0. The second kappa shape index (κ2) is 9.31. The van der Waals surface area contributed by atoms with Crippen LogP contribution >= 0.6 is 0 Å². The molecular weight excluding hydrogens is 448 g/mol. The average molecular weight is 475 g/mol. The highest BCUT2D eigenvalue weighted by Gasteiger charge is 2.60. The average Bonchev–Trinajstić information content (AvgIpc) is 3.40. The molecule has 0 unspecified atom stereocenters. The molecule has 0 spiro atoms. The minimum Gasteiger partial charge on any atom is -0.504 e. The lowest BCUT2D eigenvalue weighted by Crippen LogP contribution is -2.37. The summed E-state index contributed by atoms with van der Waals surface area (Å²) in [6.07, 6.45) is -0.101. The van der Waals surface area contributed by atoms with Gasteiger partial charge >= 0.3 is 0 Å². The van der Waals surface area contributed by atoms with Crippen LogP contribution in [0.15, 0.2) is 72.8 Å². The molecule has 2 heterocycles. The molecule has 8 nitrogen and oxygen atoms in total. The summed E-state index contributed by atoms with van der Waals surface area (Å²) in [5.41, 5.74) is 1.86.